The van der Waals surface area contributed by atoms with Crippen LogP contribution in [-0.2, 0) is 6.54 Å². The SMILES string of the molecule is CC(C)n1ncc2cc(CNCC(O)C3CCCC3)c(Cl)nc21. The van der Waals surface area contributed by atoms with Gasteiger partial charge in [-0.15, -0.1) is 0 Å². The minimum Gasteiger partial charge on any atom is -0.392 e. The molecule has 23 heavy (non-hydrogen) atoms. The van der Waals surface area contributed by atoms with E-state index < -0.39 is 0 Å². The quantitative estimate of drug-likeness (QED) is 0.794. The van der Waals surface area contributed by atoms with E-state index in [0.29, 0.717) is 24.2 Å². The molecule has 1 aliphatic rings. The first kappa shape index (κ1) is 16.7. The predicted octanol–water partition coefficient (Wildman–Crippen LogP) is 3.31. The average Bonchev–Trinajstić information content (AvgIpc) is 3.16. The van der Waals surface area contributed by atoms with Gasteiger partial charge >= 0.3 is 0 Å². The lowest BCUT2D eigenvalue weighted by molar-refractivity contribution is 0.109. The first-order valence-corrected chi connectivity index (χ1v) is 8.85. The Bertz CT molecular complexity index is 664. The van der Waals surface area contributed by atoms with Crippen LogP contribution in [0.4, 0.5) is 0 Å². The molecule has 1 saturated carbocycles. The number of nitrogens with zero attached hydrogens (tertiary/aromatic N) is 3. The van der Waals surface area contributed by atoms with Gasteiger partial charge < -0.3 is 10.4 Å². The molecule has 0 aliphatic heterocycles. The fourth-order valence-corrected chi connectivity index (χ4v) is 3.57. The van der Waals surface area contributed by atoms with Crippen LogP contribution < -0.4 is 5.32 Å². The summed E-state index contributed by atoms with van der Waals surface area (Å²) in [5.74, 6) is 0.447. The van der Waals surface area contributed by atoms with Crippen molar-refractivity contribution in [2.24, 2.45) is 5.92 Å². The Kier molecular flexibility index (Phi) is 5.19. The maximum Gasteiger partial charge on any atom is 0.159 e. The fourth-order valence-electron chi connectivity index (χ4n) is 3.36. The number of fused-ring (bicyclic) bond motifs is 1. The van der Waals surface area contributed by atoms with Gasteiger partial charge in [-0.3, -0.25) is 0 Å². The summed E-state index contributed by atoms with van der Waals surface area (Å²) in [5.41, 5.74) is 1.76. The van der Waals surface area contributed by atoms with Crippen LogP contribution in [0.3, 0.4) is 0 Å². The molecule has 5 nitrogen and oxygen atoms in total. The summed E-state index contributed by atoms with van der Waals surface area (Å²) in [7, 11) is 0. The summed E-state index contributed by atoms with van der Waals surface area (Å²) >= 11 is 6.32. The predicted molar refractivity (Wildman–Crippen MR) is 92.6 cm³/mol. The van der Waals surface area contributed by atoms with Crippen molar-refractivity contribution in [1.29, 1.82) is 0 Å². The Morgan fingerprint density at radius 3 is 2.83 bits per heavy atom. The summed E-state index contributed by atoms with van der Waals surface area (Å²) in [6.45, 7) is 5.35. The second-order valence-electron chi connectivity index (χ2n) is 6.78. The maximum absolute atomic E-state index is 10.2. The van der Waals surface area contributed by atoms with Crippen molar-refractivity contribution in [2.75, 3.05) is 6.54 Å². The molecule has 0 bridgehead atoms. The maximum atomic E-state index is 10.2. The molecule has 1 unspecified atom stereocenters. The van der Waals surface area contributed by atoms with E-state index in [1.165, 1.54) is 12.8 Å². The molecule has 0 radical (unpaired) electrons. The van der Waals surface area contributed by atoms with E-state index in [1.807, 2.05) is 16.9 Å². The molecule has 1 atom stereocenters. The first-order valence-electron chi connectivity index (χ1n) is 8.47. The molecule has 0 amide bonds. The zero-order valence-electron chi connectivity index (χ0n) is 13.8. The molecule has 1 aliphatic carbocycles. The highest BCUT2D eigenvalue weighted by atomic mass is 35.5. The van der Waals surface area contributed by atoms with Gasteiger partial charge in [0.2, 0.25) is 0 Å². The van der Waals surface area contributed by atoms with Crippen LogP contribution in [0.25, 0.3) is 11.0 Å². The van der Waals surface area contributed by atoms with Gasteiger partial charge in [0.1, 0.15) is 5.15 Å². The molecule has 2 heterocycles. The monoisotopic (exact) mass is 336 g/mol. The van der Waals surface area contributed by atoms with Crippen LogP contribution in [0, 0.1) is 5.92 Å². The molecule has 6 heteroatoms. The third kappa shape index (κ3) is 3.67. The second kappa shape index (κ2) is 7.16. The smallest absolute Gasteiger partial charge is 0.159 e. The van der Waals surface area contributed by atoms with E-state index in [0.717, 1.165) is 29.4 Å². The molecule has 2 N–H and O–H groups in total. The van der Waals surface area contributed by atoms with Gasteiger partial charge in [-0.1, -0.05) is 24.4 Å². The van der Waals surface area contributed by atoms with E-state index in [2.05, 4.69) is 29.2 Å². The van der Waals surface area contributed by atoms with Crippen molar-refractivity contribution in [3.05, 3.63) is 23.0 Å². The van der Waals surface area contributed by atoms with E-state index in [-0.39, 0.29) is 12.1 Å². The lowest BCUT2D eigenvalue weighted by atomic mass is 10.0. The summed E-state index contributed by atoms with van der Waals surface area (Å²) < 4.78 is 1.88. The highest BCUT2D eigenvalue weighted by molar-refractivity contribution is 6.30. The lowest BCUT2D eigenvalue weighted by Crippen LogP contribution is -2.31. The average molecular weight is 337 g/mol. The van der Waals surface area contributed by atoms with Gasteiger partial charge in [0.25, 0.3) is 0 Å². The van der Waals surface area contributed by atoms with Crippen molar-refractivity contribution in [3.8, 4) is 0 Å². The summed E-state index contributed by atoms with van der Waals surface area (Å²) in [4.78, 5) is 4.50. The van der Waals surface area contributed by atoms with Crippen molar-refractivity contribution in [1.82, 2.24) is 20.1 Å². The molecule has 0 saturated heterocycles. The molecule has 1 fully saturated rings. The minimum absolute atomic E-state index is 0.251. The minimum atomic E-state index is -0.267. The number of halogens is 1. The molecule has 126 valence electrons. The van der Waals surface area contributed by atoms with Gasteiger partial charge in [-0.05, 0) is 38.7 Å². The molecular formula is C17H25ClN4O. The van der Waals surface area contributed by atoms with Crippen LogP contribution >= 0.6 is 11.6 Å². The van der Waals surface area contributed by atoms with Crippen molar-refractivity contribution < 1.29 is 5.11 Å². The van der Waals surface area contributed by atoms with Crippen LogP contribution in [0.5, 0.6) is 0 Å². The molecule has 3 rings (SSSR count). The highest BCUT2D eigenvalue weighted by Crippen LogP contribution is 2.27. The summed E-state index contributed by atoms with van der Waals surface area (Å²) in [6.07, 6.45) is 6.34. The topological polar surface area (TPSA) is 63.0 Å². The molecule has 0 spiro atoms. The van der Waals surface area contributed by atoms with Gasteiger partial charge in [0, 0.05) is 30.1 Å². The zero-order chi connectivity index (χ0) is 16.4. The van der Waals surface area contributed by atoms with Crippen molar-refractivity contribution in [2.45, 2.75) is 58.2 Å². The Morgan fingerprint density at radius 1 is 1.39 bits per heavy atom. The molecule has 2 aromatic heterocycles. The highest BCUT2D eigenvalue weighted by Gasteiger charge is 2.22. The molecule has 0 aromatic carbocycles. The van der Waals surface area contributed by atoms with Crippen LogP contribution in [0.1, 0.15) is 51.1 Å². The van der Waals surface area contributed by atoms with E-state index in [4.69, 9.17) is 11.6 Å². The number of nitrogens with one attached hydrogen (secondary N) is 1. The van der Waals surface area contributed by atoms with E-state index in [1.54, 1.807) is 0 Å². The fraction of sp³-hybridized carbons (Fsp3) is 0.647. The zero-order valence-corrected chi connectivity index (χ0v) is 14.6. The third-order valence-electron chi connectivity index (χ3n) is 4.70. The van der Waals surface area contributed by atoms with Gasteiger partial charge in [-0.2, -0.15) is 5.10 Å². The Balaban J connectivity index is 1.64. The lowest BCUT2D eigenvalue weighted by Gasteiger charge is -2.18. The van der Waals surface area contributed by atoms with Crippen LogP contribution in [-0.4, -0.2) is 32.5 Å². The molecule has 2 aromatic rings. The number of pyridine rings is 1. The standard InChI is InChI=1S/C17H25ClN4O/c1-11(2)22-17-14(9-20-22)7-13(16(18)21-17)8-19-10-15(23)12-5-3-4-6-12/h7,9,11-12,15,19,23H,3-6,8,10H2,1-2H3. The number of aliphatic hydroxyl groups is 1. The normalized spacial score (nSPS) is 17.4. The van der Waals surface area contributed by atoms with E-state index >= 15 is 0 Å². The summed E-state index contributed by atoms with van der Waals surface area (Å²) in [6, 6.07) is 2.28. The largest absolute Gasteiger partial charge is 0.392 e. The number of hydrogen-bond acceptors (Lipinski definition) is 4. The molecular weight excluding hydrogens is 312 g/mol. The Hall–Kier alpha value is -1.17. The van der Waals surface area contributed by atoms with Crippen molar-refractivity contribution >= 4 is 22.6 Å². The second-order valence-corrected chi connectivity index (χ2v) is 7.13. The van der Waals surface area contributed by atoms with Gasteiger partial charge in [0.05, 0.1) is 12.3 Å². The van der Waals surface area contributed by atoms with Gasteiger partial charge in [-0.25, -0.2) is 9.67 Å². The van der Waals surface area contributed by atoms with E-state index in [9.17, 15) is 5.11 Å². The number of rotatable bonds is 6. The Labute approximate surface area is 142 Å². The number of aliphatic hydroxyl groups excluding tert-OH is 1. The number of hydrogen-bond donors (Lipinski definition) is 2. The van der Waals surface area contributed by atoms with Crippen LogP contribution in [0.15, 0.2) is 12.3 Å². The first-order chi connectivity index (χ1) is 11.1. The summed E-state index contributed by atoms with van der Waals surface area (Å²) in [5, 5.41) is 19.4. The Morgan fingerprint density at radius 2 is 2.13 bits per heavy atom. The third-order valence-corrected chi connectivity index (χ3v) is 5.02. The van der Waals surface area contributed by atoms with Gasteiger partial charge in [0.15, 0.2) is 5.65 Å². The van der Waals surface area contributed by atoms with Crippen LogP contribution in [0.2, 0.25) is 5.15 Å². The number of aromatic nitrogens is 3. The van der Waals surface area contributed by atoms with Crippen molar-refractivity contribution in [3.63, 3.8) is 0 Å².